The third-order valence-electron chi connectivity index (χ3n) is 8.10. The smallest absolute Gasteiger partial charge is 0.262 e. The number of benzene rings is 4. The summed E-state index contributed by atoms with van der Waals surface area (Å²) in [7, 11) is -2.49. The molecule has 1 aromatic heterocycles. The first-order chi connectivity index (χ1) is 23.3. The van der Waals surface area contributed by atoms with Crippen molar-refractivity contribution in [3.63, 3.8) is 0 Å². The number of halogens is 1. The maximum atomic E-state index is 15.3. The van der Waals surface area contributed by atoms with Gasteiger partial charge in [0, 0.05) is 42.9 Å². The lowest BCUT2D eigenvalue weighted by Crippen LogP contribution is -2.35. The first-order valence-electron chi connectivity index (χ1n) is 15.9. The largest absolute Gasteiger partial charge is 0.493 e. The number of ether oxygens (including phenoxy) is 4. The van der Waals surface area contributed by atoms with Crippen molar-refractivity contribution in [3.05, 3.63) is 103 Å². The molecule has 0 aliphatic carbocycles. The monoisotopic (exact) mass is 671 g/mol. The predicted molar refractivity (Wildman–Crippen MR) is 183 cm³/mol. The van der Waals surface area contributed by atoms with Crippen LogP contribution < -0.4 is 23.7 Å². The standard InChI is InChI=1S/C37H38FN3O6S/c1-26-9-7-18-41(25-26)19-8-20-45-37-24-33-31(23-36(37)44-2)34(16-17-39-33)47-35-15-14-27(21-32(35)38)40-48(42,43)30-13-6-12-29(22-30)46-28-10-4-3-5-11-28/h3-6,10-17,21-24,26,40H,7-9,18-20,25H2,1-2H3. The fourth-order valence-electron chi connectivity index (χ4n) is 5.76. The van der Waals surface area contributed by atoms with Gasteiger partial charge in [0.1, 0.15) is 17.2 Å². The Hall–Kier alpha value is -4.87. The summed E-state index contributed by atoms with van der Waals surface area (Å²) < 4.78 is 67.5. The molecule has 2 heterocycles. The van der Waals surface area contributed by atoms with E-state index in [1.165, 1.54) is 37.1 Å². The van der Waals surface area contributed by atoms with E-state index in [1.54, 1.807) is 55.8 Å². The zero-order valence-corrected chi connectivity index (χ0v) is 27.7. The number of para-hydroxylation sites is 1. The van der Waals surface area contributed by atoms with Crippen LogP contribution in [0.2, 0.25) is 0 Å². The quantitative estimate of drug-likeness (QED) is 0.125. The molecule has 1 N–H and O–H groups in total. The average Bonchev–Trinajstić information content (AvgIpc) is 3.08. The number of sulfonamides is 1. The van der Waals surface area contributed by atoms with E-state index in [0.717, 1.165) is 38.0 Å². The number of hydrogen-bond acceptors (Lipinski definition) is 8. The van der Waals surface area contributed by atoms with Gasteiger partial charge in [0.2, 0.25) is 0 Å². The Morgan fingerprint density at radius 2 is 1.73 bits per heavy atom. The topological polar surface area (TPSA) is 99.2 Å². The third kappa shape index (κ3) is 8.15. The molecule has 11 heteroatoms. The molecule has 4 aromatic carbocycles. The molecule has 0 radical (unpaired) electrons. The van der Waals surface area contributed by atoms with Crippen LogP contribution in [-0.2, 0) is 10.0 Å². The van der Waals surface area contributed by atoms with Gasteiger partial charge in [-0.15, -0.1) is 0 Å². The highest BCUT2D eigenvalue weighted by Crippen LogP contribution is 2.38. The van der Waals surface area contributed by atoms with Crippen molar-refractivity contribution in [1.82, 2.24) is 9.88 Å². The summed E-state index contributed by atoms with van der Waals surface area (Å²) in [5.41, 5.74) is 0.628. The van der Waals surface area contributed by atoms with Crippen LogP contribution in [0, 0.1) is 11.7 Å². The molecule has 1 saturated heterocycles. The SMILES string of the molecule is COc1cc2c(Oc3ccc(NS(=O)(=O)c4cccc(Oc5ccccc5)c4)cc3F)ccnc2cc1OCCCN1CCCC(C)C1. The number of nitrogens with one attached hydrogen (secondary N) is 1. The van der Waals surface area contributed by atoms with Crippen molar-refractivity contribution in [3.8, 4) is 34.5 Å². The molecular formula is C37H38FN3O6S. The molecule has 0 saturated carbocycles. The molecule has 1 fully saturated rings. The molecule has 0 spiro atoms. The summed E-state index contributed by atoms with van der Waals surface area (Å²) >= 11 is 0. The van der Waals surface area contributed by atoms with Crippen LogP contribution in [0.4, 0.5) is 10.1 Å². The Morgan fingerprint density at radius 1 is 0.896 bits per heavy atom. The molecule has 250 valence electrons. The fourth-order valence-corrected chi connectivity index (χ4v) is 6.84. The van der Waals surface area contributed by atoms with E-state index >= 15 is 4.39 Å². The molecule has 1 aliphatic rings. The number of fused-ring (bicyclic) bond motifs is 1. The number of methoxy groups -OCH3 is 1. The van der Waals surface area contributed by atoms with Gasteiger partial charge in [-0.1, -0.05) is 31.2 Å². The minimum atomic E-state index is -4.05. The maximum Gasteiger partial charge on any atom is 0.262 e. The highest BCUT2D eigenvalue weighted by atomic mass is 32.2. The number of piperidine rings is 1. The second-order valence-electron chi connectivity index (χ2n) is 11.8. The van der Waals surface area contributed by atoms with Gasteiger partial charge in [-0.05, 0) is 80.3 Å². The molecule has 48 heavy (non-hydrogen) atoms. The molecule has 6 rings (SSSR count). The van der Waals surface area contributed by atoms with Crippen molar-refractivity contribution in [2.45, 2.75) is 31.1 Å². The van der Waals surface area contributed by atoms with E-state index in [1.807, 2.05) is 18.2 Å². The molecule has 0 bridgehead atoms. The summed E-state index contributed by atoms with van der Waals surface area (Å²) in [6.07, 6.45) is 5.00. The van der Waals surface area contributed by atoms with E-state index in [2.05, 4.69) is 21.5 Å². The fraction of sp³-hybridized carbons (Fsp3) is 0.270. The van der Waals surface area contributed by atoms with Crippen LogP contribution in [0.25, 0.3) is 10.9 Å². The number of likely N-dealkylation sites (tertiary alicyclic amines) is 1. The molecular weight excluding hydrogens is 633 g/mol. The van der Waals surface area contributed by atoms with Gasteiger partial charge in [-0.25, -0.2) is 12.8 Å². The van der Waals surface area contributed by atoms with Crippen LogP contribution in [0.3, 0.4) is 0 Å². The van der Waals surface area contributed by atoms with E-state index < -0.39 is 15.8 Å². The number of nitrogens with zero attached hydrogens (tertiary/aromatic N) is 2. The zero-order valence-electron chi connectivity index (χ0n) is 26.9. The van der Waals surface area contributed by atoms with Crippen LogP contribution >= 0.6 is 0 Å². The number of rotatable bonds is 13. The lowest BCUT2D eigenvalue weighted by molar-refractivity contribution is 0.169. The average molecular weight is 672 g/mol. The Kier molecular flexibility index (Phi) is 10.3. The summed E-state index contributed by atoms with van der Waals surface area (Å²) in [5, 5.41) is 0.603. The predicted octanol–water partition coefficient (Wildman–Crippen LogP) is 8.27. The Balaban J connectivity index is 1.12. The Bertz CT molecular complexity index is 1980. The zero-order chi connectivity index (χ0) is 33.5. The summed E-state index contributed by atoms with van der Waals surface area (Å²) in [6, 6.07) is 24.1. The number of hydrogen-bond donors (Lipinski definition) is 1. The normalized spacial score (nSPS) is 15.2. The highest BCUT2D eigenvalue weighted by molar-refractivity contribution is 7.92. The van der Waals surface area contributed by atoms with Crippen LogP contribution in [0.1, 0.15) is 26.2 Å². The molecule has 1 aliphatic heterocycles. The van der Waals surface area contributed by atoms with Gasteiger partial charge < -0.3 is 23.8 Å². The number of pyridine rings is 1. The molecule has 1 unspecified atom stereocenters. The van der Waals surface area contributed by atoms with Crippen molar-refractivity contribution in [2.75, 3.05) is 38.1 Å². The lowest BCUT2D eigenvalue weighted by Gasteiger charge is -2.30. The first kappa shape index (κ1) is 33.0. The number of anilines is 1. The molecule has 9 nitrogen and oxygen atoms in total. The van der Waals surface area contributed by atoms with Gasteiger partial charge in [0.15, 0.2) is 23.1 Å². The van der Waals surface area contributed by atoms with E-state index in [4.69, 9.17) is 18.9 Å². The second kappa shape index (κ2) is 14.9. The minimum absolute atomic E-state index is 0.0335. The summed E-state index contributed by atoms with van der Waals surface area (Å²) in [6.45, 7) is 6.09. The van der Waals surface area contributed by atoms with Crippen molar-refractivity contribution in [1.29, 1.82) is 0 Å². The highest BCUT2D eigenvalue weighted by Gasteiger charge is 2.19. The van der Waals surface area contributed by atoms with E-state index in [-0.39, 0.29) is 16.3 Å². The lowest BCUT2D eigenvalue weighted by atomic mass is 10.0. The van der Waals surface area contributed by atoms with Crippen molar-refractivity contribution in [2.24, 2.45) is 5.92 Å². The van der Waals surface area contributed by atoms with Gasteiger partial charge in [0.25, 0.3) is 10.0 Å². The molecule has 0 amide bonds. The van der Waals surface area contributed by atoms with Crippen LogP contribution in [-0.4, -0.2) is 51.7 Å². The van der Waals surface area contributed by atoms with Crippen LogP contribution in [0.5, 0.6) is 34.5 Å². The third-order valence-corrected chi connectivity index (χ3v) is 9.48. The second-order valence-corrected chi connectivity index (χ2v) is 13.5. The van der Waals surface area contributed by atoms with Crippen molar-refractivity contribution >= 4 is 26.6 Å². The molecule has 5 aromatic rings. The Morgan fingerprint density at radius 3 is 2.52 bits per heavy atom. The Labute approximate surface area is 280 Å². The van der Waals surface area contributed by atoms with Crippen molar-refractivity contribution < 1.29 is 31.8 Å². The molecule has 1 atom stereocenters. The summed E-state index contributed by atoms with van der Waals surface area (Å²) in [4.78, 5) is 6.92. The van der Waals surface area contributed by atoms with Gasteiger partial charge in [-0.2, -0.15) is 0 Å². The first-order valence-corrected chi connectivity index (χ1v) is 17.4. The summed E-state index contributed by atoms with van der Waals surface area (Å²) in [5.74, 6) is 2.24. The van der Waals surface area contributed by atoms with Crippen LogP contribution in [0.15, 0.2) is 102 Å². The number of aromatic nitrogens is 1. The maximum absolute atomic E-state index is 15.3. The minimum Gasteiger partial charge on any atom is -0.493 e. The van der Waals surface area contributed by atoms with Gasteiger partial charge >= 0.3 is 0 Å². The van der Waals surface area contributed by atoms with Gasteiger partial charge in [0.05, 0.1) is 29.8 Å². The van der Waals surface area contributed by atoms with Gasteiger partial charge in [-0.3, -0.25) is 9.71 Å². The van der Waals surface area contributed by atoms with E-state index in [9.17, 15) is 8.42 Å². The van der Waals surface area contributed by atoms with E-state index in [0.29, 0.717) is 46.3 Å².